The topological polar surface area (TPSA) is 78.9 Å². The van der Waals surface area contributed by atoms with Crippen LogP contribution in [-0.4, -0.2) is 37.2 Å². The third kappa shape index (κ3) is 57.2. The van der Waals surface area contributed by atoms with E-state index in [-0.39, 0.29) is 31.1 Å². The van der Waals surface area contributed by atoms with E-state index in [2.05, 4.69) is 41.5 Å². The molecule has 410 valence electrons. The van der Waals surface area contributed by atoms with Crippen LogP contribution in [0.4, 0.5) is 0 Å². The van der Waals surface area contributed by atoms with Crippen molar-refractivity contribution in [3.05, 3.63) is 0 Å². The Labute approximate surface area is 431 Å². The molecule has 0 unspecified atom stereocenters. The zero-order valence-electron chi connectivity index (χ0n) is 47.6. The summed E-state index contributed by atoms with van der Waals surface area (Å²) in [5, 5.41) is 0. The highest BCUT2D eigenvalue weighted by atomic mass is 16.6. The number of rotatable bonds is 56. The van der Waals surface area contributed by atoms with Crippen LogP contribution in [0.15, 0.2) is 0 Å². The quantitative estimate of drug-likeness (QED) is 0.0343. The van der Waals surface area contributed by atoms with Gasteiger partial charge in [-0.05, 0) is 37.0 Å². The van der Waals surface area contributed by atoms with Crippen molar-refractivity contribution in [1.29, 1.82) is 0 Å². The second-order valence-electron chi connectivity index (χ2n) is 23.1. The Morgan fingerprint density at radius 3 is 0.623 bits per heavy atom. The lowest BCUT2D eigenvalue weighted by Gasteiger charge is -2.18. The van der Waals surface area contributed by atoms with Crippen LogP contribution in [0.3, 0.4) is 0 Å². The average Bonchev–Trinajstić information content (AvgIpc) is 3.31. The zero-order valence-corrected chi connectivity index (χ0v) is 47.6. The zero-order chi connectivity index (χ0) is 50.5. The minimum absolute atomic E-state index is 0.0629. The standard InChI is InChI=1S/C63H122O6/c1-57(2)49-43-37-31-25-19-14-10-7-8-12-16-22-28-34-40-46-52-61(64)67-55-60(69-63(66)54-48-42-36-30-24-18-21-27-33-39-45-51-59(5)6)56-68-62(65)53-47-41-35-29-23-17-13-9-11-15-20-26-32-38-44-50-58(3)4/h57-60H,7-56H2,1-6H3/t60-/m1/s1. The summed E-state index contributed by atoms with van der Waals surface area (Å²) >= 11 is 0. The van der Waals surface area contributed by atoms with Crippen molar-refractivity contribution in [2.24, 2.45) is 17.8 Å². The molecule has 0 bridgehead atoms. The van der Waals surface area contributed by atoms with Crippen molar-refractivity contribution in [3.8, 4) is 0 Å². The predicted molar refractivity (Wildman–Crippen MR) is 298 cm³/mol. The molecule has 1 atom stereocenters. The molecule has 0 spiro atoms. The van der Waals surface area contributed by atoms with E-state index < -0.39 is 6.10 Å². The Morgan fingerprint density at radius 2 is 0.420 bits per heavy atom. The highest BCUT2D eigenvalue weighted by molar-refractivity contribution is 5.71. The van der Waals surface area contributed by atoms with Gasteiger partial charge in [-0.25, -0.2) is 0 Å². The SMILES string of the molecule is CC(C)CCCCCCCCCCCCCCCCCCC(=O)OC[C@H](COC(=O)CCCCCCCCCCCCCCCCCC(C)C)OC(=O)CCCCCCCCCCCCCC(C)C. The Hall–Kier alpha value is -1.59. The highest BCUT2D eigenvalue weighted by Gasteiger charge is 2.19. The Kier molecular flexibility index (Phi) is 52.9. The lowest BCUT2D eigenvalue weighted by Crippen LogP contribution is -2.30. The molecule has 0 aromatic heterocycles. The molecule has 0 aromatic carbocycles. The number of esters is 3. The summed E-state index contributed by atoms with van der Waals surface area (Å²) in [6, 6.07) is 0. The first-order valence-corrected chi connectivity index (χ1v) is 31.1. The average molecular weight is 976 g/mol. The Morgan fingerprint density at radius 1 is 0.246 bits per heavy atom. The lowest BCUT2D eigenvalue weighted by atomic mass is 10.0. The summed E-state index contributed by atoms with van der Waals surface area (Å²) < 4.78 is 16.9. The molecule has 0 fully saturated rings. The molecule has 0 aliphatic rings. The molecule has 0 saturated carbocycles. The molecule has 0 N–H and O–H groups in total. The predicted octanol–water partition coefficient (Wildman–Crippen LogP) is 20.7. The van der Waals surface area contributed by atoms with Gasteiger partial charge in [0.25, 0.3) is 0 Å². The molecule has 0 aliphatic heterocycles. The van der Waals surface area contributed by atoms with E-state index in [9.17, 15) is 14.4 Å². The molecular weight excluding hydrogens is 853 g/mol. The fraction of sp³-hybridized carbons (Fsp3) is 0.952. The normalized spacial score (nSPS) is 12.1. The number of unbranched alkanes of at least 4 members (excludes halogenated alkanes) is 39. The lowest BCUT2D eigenvalue weighted by molar-refractivity contribution is -0.167. The maximum Gasteiger partial charge on any atom is 0.306 e. The largest absolute Gasteiger partial charge is 0.462 e. The van der Waals surface area contributed by atoms with Gasteiger partial charge < -0.3 is 14.2 Å². The van der Waals surface area contributed by atoms with Crippen LogP contribution in [0.1, 0.15) is 350 Å². The third-order valence-corrected chi connectivity index (χ3v) is 14.4. The second-order valence-corrected chi connectivity index (χ2v) is 23.1. The molecule has 0 heterocycles. The van der Waals surface area contributed by atoms with Crippen LogP contribution < -0.4 is 0 Å². The van der Waals surface area contributed by atoms with Gasteiger partial charge in [0.05, 0.1) is 0 Å². The summed E-state index contributed by atoms with van der Waals surface area (Å²) in [5.74, 6) is 1.69. The van der Waals surface area contributed by atoms with Crippen LogP contribution in [0.25, 0.3) is 0 Å². The van der Waals surface area contributed by atoms with Crippen molar-refractivity contribution < 1.29 is 28.6 Å². The van der Waals surface area contributed by atoms with Gasteiger partial charge in [0.1, 0.15) is 13.2 Å². The van der Waals surface area contributed by atoms with E-state index in [0.29, 0.717) is 19.3 Å². The molecular formula is C63H122O6. The fourth-order valence-corrected chi connectivity index (χ4v) is 9.71. The van der Waals surface area contributed by atoms with Gasteiger partial charge in [-0.15, -0.1) is 0 Å². The number of carbonyl (C=O) groups excluding carboxylic acids is 3. The molecule has 69 heavy (non-hydrogen) atoms. The summed E-state index contributed by atoms with van der Waals surface area (Å²) in [4.78, 5) is 38.3. The molecule has 0 rings (SSSR count). The van der Waals surface area contributed by atoms with Gasteiger partial charge in [0.15, 0.2) is 6.10 Å². The molecule has 0 aromatic rings. The van der Waals surface area contributed by atoms with Gasteiger partial charge in [0, 0.05) is 19.3 Å². The van der Waals surface area contributed by atoms with Crippen molar-refractivity contribution in [2.45, 2.75) is 356 Å². The van der Waals surface area contributed by atoms with Gasteiger partial charge >= 0.3 is 17.9 Å². The van der Waals surface area contributed by atoms with Crippen molar-refractivity contribution >= 4 is 17.9 Å². The summed E-state index contributed by atoms with van der Waals surface area (Å²) in [6.45, 7) is 13.8. The van der Waals surface area contributed by atoms with E-state index in [1.165, 1.54) is 231 Å². The summed E-state index contributed by atoms with van der Waals surface area (Å²) in [7, 11) is 0. The van der Waals surface area contributed by atoms with E-state index in [4.69, 9.17) is 14.2 Å². The van der Waals surface area contributed by atoms with Gasteiger partial charge in [-0.3, -0.25) is 14.4 Å². The van der Waals surface area contributed by atoms with E-state index in [1.807, 2.05) is 0 Å². The first kappa shape index (κ1) is 67.4. The number of hydrogen-bond donors (Lipinski definition) is 0. The molecule has 6 heteroatoms. The van der Waals surface area contributed by atoms with Gasteiger partial charge in [-0.2, -0.15) is 0 Å². The number of carbonyl (C=O) groups is 3. The highest BCUT2D eigenvalue weighted by Crippen LogP contribution is 2.19. The van der Waals surface area contributed by atoms with Crippen LogP contribution >= 0.6 is 0 Å². The van der Waals surface area contributed by atoms with E-state index in [1.54, 1.807) is 0 Å². The second kappa shape index (κ2) is 54.2. The van der Waals surface area contributed by atoms with Crippen LogP contribution in [0.2, 0.25) is 0 Å². The first-order valence-electron chi connectivity index (χ1n) is 31.1. The maximum atomic E-state index is 12.9. The fourth-order valence-electron chi connectivity index (χ4n) is 9.71. The van der Waals surface area contributed by atoms with Crippen molar-refractivity contribution in [3.63, 3.8) is 0 Å². The Balaban J connectivity index is 4.27. The minimum atomic E-state index is -0.764. The Bertz CT molecular complexity index is 1070. The minimum Gasteiger partial charge on any atom is -0.462 e. The smallest absolute Gasteiger partial charge is 0.306 e. The van der Waals surface area contributed by atoms with E-state index in [0.717, 1.165) is 75.5 Å². The summed E-state index contributed by atoms with van der Waals surface area (Å²) in [6.07, 6.45) is 58.1. The third-order valence-electron chi connectivity index (χ3n) is 14.4. The molecule has 0 radical (unpaired) electrons. The summed E-state index contributed by atoms with van der Waals surface area (Å²) in [5.41, 5.74) is 0. The van der Waals surface area contributed by atoms with Gasteiger partial charge in [0.2, 0.25) is 0 Å². The van der Waals surface area contributed by atoms with Crippen molar-refractivity contribution in [1.82, 2.24) is 0 Å². The molecule has 0 amide bonds. The number of ether oxygens (including phenoxy) is 3. The molecule has 0 aliphatic carbocycles. The first-order chi connectivity index (χ1) is 33.6. The monoisotopic (exact) mass is 975 g/mol. The van der Waals surface area contributed by atoms with Crippen LogP contribution in [0.5, 0.6) is 0 Å². The van der Waals surface area contributed by atoms with Crippen LogP contribution in [0, 0.1) is 17.8 Å². The molecule has 6 nitrogen and oxygen atoms in total. The van der Waals surface area contributed by atoms with Gasteiger partial charge in [-0.1, -0.05) is 311 Å². The van der Waals surface area contributed by atoms with Crippen molar-refractivity contribution in [2.75, 3.05) is 13.2 Å². The maximum absolute atomic E-state index is 12.9. The van der Waals surface area contributed by atoms with E-state index >= 15 is 0 Å². The number of hydrogen-bond acceptors (Lipinski definition) is 6. The van der Waals surface area contributed by atoms with Crippen LogP contribution in [-0.2, 0) is 28.6 Å². The molecule has 0 saturated heterocycles.